The maximum Gasteiger partial charge on any atom is 0.159 e. The van der Waals surface area contributed by atoms with Crippen molar-refractivity contribution in [3.63, 3.8) is 0 Å². The number of nitrogens with zero attached hydrogens (tertiary/aromatic N) is 6. The molecule has 6 rings (SSSR count). The molecule has 8 heteroatoms. The van der Waals surface area contributed by atoms with Crippen molar-refractivity contribution in [1.29, 1.82) is 0 Å². The normalized spacial score (nSPS) is 11.5. The molecular formula is C34H38N8. The minimum absolute atomic E-state index is 0.804. The summed E-state index contributed by atoms with van der Waals surface area (Å²) in [7, 11) is 0. The number of benzene rings is 2. The molecule has 0 amide bonds. The van der Waals surface area contributed by atoms with Crippen molar-refractivity contribution in [2.24, 2.45) is 0 Å². The fraction of sp³-hybridized carbons (Fsp3) is 0.294. The minimum atomic E-state index is 0.804. The van der Waals surface area contributed by atoms with E-state index in [0.717, 1.165) is 82.5 Å². The SMILES string of the molecule is CCc1nn2c(C)cc(C)nc2c1Cc1ccc(NNc2ccc(Cc3c(CC)nn4c(C)cc(C)nc34)cc2)cc1. The number of hydrogen-bond donors (Lipinski definition) is 2. The van der Waals surface area contributed by atoms with Crippen LogP contribution in [0.1, 0.15) is 70.3 Å². The van der Waals surface area contributed by atoms with Crippen LogP contribution in [0.4, 0.5) is 11.4 Å². The number of hydrazine groups is 1. The average molecular weight is 559 g/mol. The van der Waals surface area contributed by atoms with Crippen molar-refractivity contribution in [2.45, 2.75) is 67.2 Å². The summed E-state index contributed by atoms with van der Waals surface area (Å²) >= 11 is 0. The van der Waals surface area contributed by atoms with Crippen LogP contribution in [0.15, 0.2) is 60.7 Å². The molecule has 8 nitrogen and oxygen atoms in total. The Kier molecular flexibility index (Phi) is 7.37. The third-order valence-electron chi connectivity index (χ3n) is 7.84. The Morgan fingerprint density at radius 3 is 1.31 bits per heavy atom. The average Bonchev–Trinajstić information content (AvgIpc) is 3.51. The van der Waals surface area contributed by atoms with Crippen molar-refractivity contribution >= 4 is 22.7 Å². The zero-order chi connectivity index (χ0) is 29.4. The van der Waals surface area contributed by atoms with Crippen LogP contribution in [-0.2, 0) is 25.7 Å². The van der Waals surface area contributed by atoms with Gasteiger partial charge in [-0.25, -0.2) is 19.0 Å². The first-order valence-corrected chi connectivity index (χ1v) is 14.7. The van der Waals surface area contributed by atoms with Crippen LogP contribution in [0.2, 0.25) is 0 Å². The van der Waals surface area contributed by atoms with Crippen molar-refractivity contribution in [1.82, 2.24) is 29.2 Å². The number of rotatable bonds is 9. The Labute approximate surface area is 246 Å². The molecule has 4 aromatic heterocycles. The van der Waals surface area contributed by atoms with Crippen molar-refractivity contribution in [2.75, 3.05) is 10.9 Å². The maximum absolute atomic E-state index is 4.83. The van der Waals surface area contributed by atoms with E-state index in [1.807, 2.05) is 22.9 Å². The number of hydrogen-bond acceptors (Lipinski definition) is 6. The lowest BCUT2D eigenvalue weighted by molar-refractivity contribution is 0.849. The van der Waals surface area contributed by atoms with Gasteiger partial charge in [0.25, 0.3) is 0 Å². The van der Waals surface area contributed by atoms with Gasteiger partial charge in [0, 0.05) is 46.7 Å². The largest absolute Gasteiger partial charge is 0.301 e. The van der Waals surface area contributed by atoms with Crippen LogP contribution in [0, 0.1) is 27.7 Å². The molecule has 0 saturated heterocycles. The topological polar surface area (TPSA) is 84.4 Å². The number of anilines is 2. The van der Waals surface area contributed by atoms with Crippen LogP contribution >= 0.6 is 0 Å². The highest BCUT2D eigenvalue weighted by atomic mass is 15.4. The molecular weight excluding hydrogens is 520 g/mol. The molecule has 0 bridgehead atoms. The lowest BCUT2D eigenvalue weighted by Gasteiger charge is -2.11. The van der Waals surface area contributed by atoms with Gasteiger partial charge in [0.05, 0.1) is 22.8 Å². The molecule has 6 aromatic rings. The van der Waals surface area contributed by atoms with Gasteiger partial charge < -0.3 is 10.9 Å². The van der Waals surface area contributed by atoms with Crippen LogP contribution in [0.5, 0.6) is 0 Å². The second-order valence-corrected chi connectivity index (χ2v) is 11.1. The highest BCUT2D eigenvalue weighted by Crippen LogP contribution is 2.24. The predicted octanol–water partition coefficient (Wildman–Crippen LogP) is 6.75. The Morgan fingerprint density at radius 1 is 0.571 bits per heavy atom. The smallest absolute Gasteiger partial charge is 0.159 e. The fourth-order valence-electron chi connectivity index (χ4n) is 5.71. The summed E-state index contributed by atoms with van der Waals surface area (Å²) in [5, 5.41) is 9.66. The monoisotopic (exact) mass is 558 g/mol. The van der Waals surface area contributed by atoms with E-state index in [-0.39, 0.29) is 0 Å². The molecule has 0 aliphatic heterocycles. The van der Waals surface area contributed by atoms with Gasteiger partial charge in [-0.1, -0.05) is 38.1 Å². The highest BCUT2D eigenvalue weighted by Gasteiger charge is 2.16. The van der Waals surface area contributed by atoms with Gasteiger partial charge in [0.2, 0.25) is 0 Å². The number of aryl methyl sites for hydroxylation is 6. The van der Waals surface area contributed by atoms with Crippen molar-refractivity contribution < 1.29 is 0 Å². The van der Waals surface area contributed by atoms with Gasteiger partial charge in [-0.05, 0) is 88.1 Å². The Hall–Kier alpha value is -4.72. The summed E-state index contributed by atoms with van der Waals surface area (Å²) in [5.41, 5.74) is 21.9. The van der Waals surface area contributed by atoms with Crippen LogP contribution < -0.4 is 10.9 Å². The molecule has 4 heterocycles. The number of fused-ring (bicyclic) bond motifs is 2. The van der Waals surface area contributed by atoms with Crippen molar-refractivity contribution in [3.8, 4) is 0 Å². The standard InChI is InChI=1S/C34H38N8/c1-7-31-29(33-35-21(3)17-23(5)41(33)39-31)19-25-9-13-27(14-10-25)37-38-28-15-11-26(12-16-28)20-30-32(8-2)40-42-24(6)18-22(4)36-34(30)42/h9-18,37-38H,7-8,19-20H2,1-6H3. The van der Waals surface area contributed by atoms with Crippen molar-refractivity contribution in [3.05, 3.63) is 117 Å². The molecule has 2 N–H and O–H groups in total. The molecule has 0 radical (unpaired) electrons. The number of nitrogens with one attached hydrogen (secondary N) is 2. The molecule has 0 spiro atoms. The highest BCUT2D eigenvalue weighted by molar-refractivity contribution is 5.58. The zero-order valence-corrected chi connectivity index (χ0v) is 25.3. The number of aromatic nitrogens is 6. The molecule has 214 valence electrons. The third-order valence-corrected chi connectivity index (χ3v) is 7.84. The summed E-state index contributed by atoms with van der Waals surface area (Å²) in [6.45, 7) is 12.6. The van der Waals surface area contributed by atoms with Gasteiger partial charge in [0.1, 0.15) is 0 Å². The van der Waals surface area contributed by atoms with E-state index in [9.17, 15) is 0 Å². The maximum atomic E-state index is 4.83. The quantitative estimate of drug-likeness (QED) is 0.191. The van der Waals surface area contributed by atoms with Gasteiger partial charge >= 0.3 is 0 Å². The van der Waals surface area contributed by atoms with Crippen LogP contribution in [0.3, 0.4) is 0 Å². The summed E-state index contributed by atoms with van der Waals surface area (Å²) in [5.74, 6) is 0. The van der Waals surface area contributed by atoms with Gasteiger partial charge in [-0.2, -0.15) is 10.2 Å². The summed E-state index contributed by atoms with van der Waals surface area (Å²) in [6, 6.07) is 21.2. The molecule has 0 aliphatic carbocycles. The fourth-order valence-corrected chi connectivity index (χ4v) is 5.71. The molecule has 0 atom stereocenters. The minimum Gasteiger partial charge on any atom is -0.301 e. The molecule has 0 fully saturated rings. The second-order valence-electron chi connectivity index (χ2n) is 11.1. The van der Waals surface area contributed by atoms with Gasteiger partial charge in [-0.15, -0.1) is 0 Å². The lowest BCUT2D eigenvalue weighted by atomic mass is 10.0. The molecule has 0 saturated carbocycles. The third kappa shape index (κ3) is 5.32. The molecule has 0 aliphatic rings. The van der Waals surface area contributed by atoms with E-state index >= 15 is 0 Å². The summed E-state index contributed by atoms with van der Waals surface area (Å²) < 4.78 is 3.96. The molecule has 0 unspecified atom stereocenters. The Balaban J connectivity index is 1.12. The van der Waals surface area contributed by atoms with Gasteiger partial charge in [0.15, 0.2) is 11.3 Å². The lowest BCUT2D eigenvalue weighted by Crippen LogP contribution is -2.08. The predicted molar refractivity (Wildman–Crippen MR) is 169 cm³/mol. The first-order chi connectivity index (χ1) is 20.3. The Bertz CT molecular complexity index is 1740. The first-order valence-electron chi connectivity index (χ1n) is 14.7. The van der Waals surface area contributed by atoms with E-state index in [1.165, 1.54) is 22.3 Å². The van der Waals surface area contributed by atoms with Crippen LogP contribution in [-0.4, -0.2) is 29.2 Å². The van der Waals surface area contributed by atoms with E-state index in [0.29, 0.717) is 0 Å². The second kappa shape index (κ2) is 11.3. The first kappa shape index (κ1) is 27.4. The molecule has 2 aromatic carbocycles. The summed E-state index contributed by atoms with van der Waals surface area (Å²) in [4.78, 5) is 9.62. The zero-order valence-electron chi connectivity index (χ0n) is 25.3. The van der Waals surface area contributed by atoms with E-state index in [2.05, 4.69) is 99.2 Å². The van der Waals surface area contributed by atoms with E-state index < -0.39 is 0 Å². The van der Waals surface area contributed by atoms with E-state index in [4.69, 9.17) is 20.2 Å². The van der Waals surface area contributed by atoms with E-state index in [1.54, 1.807) is 0 Å². The van der Waals surface area contributed by atoms with Crippen LogP contribution in [0.25, 0.3) is 11.3 Å². The van der Waals surface area contributed by atoms with Gasteiger partial charge in [-0.3, -0.25) is 0 Å². The summed E-state index contributed by atoms with van der Waals surface area (Å²) in [6.07, 6.45) is 3.38. The Morgan fingerprint density at radius 2 is 0.952 bits per heavy atom. The molecule has 42 heavy (non-hydrogen) atoms.